The van der Waals surface area contributed by atoms with Crippen LogP contribution in [0.15, 0.2) is 35.5 Å². The summed E-state index contributed by atoms with van der Waals surface area (Å²) in [5.74, 6) is 8.13. The molecule has 2 saturated carbocycles. The fourth-order valence-corrected chi connectivity index (χ4v) is 6.43. The molecule has 0 aromatic heterocycles. The van der Waals surface area contributed by atoms with E-state index in [1.165, 1.54) is 38.5 Å². The average molecular weight is 525 g/mol. The van der Waals surface area contributed by atoms with Crippen LogP contribution in [0.1, 0.15) is 127 Å². The van der Waals surface area contributed by atoms with Crippen LogP contribution in [0.4, 0.5) is 0 Å². The molecule has 38 heavy (non-hydrogen) atoms. The lowest BCUT2D eigenvalue weighted by Gasteiger charge is -2.42. The van der Waals surface area contributed by atoms with Gasteiger partial charge in [-0.05, 0) is 134 Å². The Bertz CT molecular complexity index is 942. The van der Waals surface area contributed by atoms with Gasteiger partial charge in [0.25, 0.3) is 0 Å². The molecule has 2 rings (SSSR count). The molecule has 5 atom stereocenters. The number of hydrogen-bond acceptors (Lipinski definition) is 3. The van der Waals surface area contributed by atoms with Crippen molar-refractivity contribution in [3.63, 3.8) is 0 Å². The number of rotatable bonds is 10. The maximum Gasteiger partial charge on any atom is 0.306 e. The number of hydrogen-bond donors (Lipinski definition) is 1. The van der Waals surface area contributed by atoms with Crippen molar-refractivity contribution in [1.82, 2.24) is 0 Å². The molecule has 2 fully saturated rings. The number of ether oxygens (including phenoxy) is 1. The maximum atomic E-state index is 12.0. The zero-order valence-corrected chi connectivity index (χ0v) is 26.0. The van der Waals surface area contributed by atoms with E-state index in [1.807, 2.05) is 27.7 Å². The number of carbonyl (C=O) groups excluding carboxylic acids is 1. The van der Waals surface area contributed by atoms with Crippen molar-refractivity contribution in [3.05, 3.63) is 35.5 Å². The molecule has 0 aliphatic heterocycles. The number of carbonyl (C=O) groups is 1. The minimum absolute atomic E-state index is 0.0379. The standard InChI is InChI=1S/C35H56O3/c1-25(27(3)32(37)26(2)15-13-18-31(36)38-34(7,8)9)19-20-28-16-14-24-35(10)29(21-22-30(28)35)17-11-12-23-33(4,5)6/h19-20,26,29-30,32,37H,3,11,13-18,21-22,24H2,1-2,4-10H3/b25-19-,28-20+. The Labute approximate surface area is 234 Å². The predicted octanol–water partition coefficient (Wildman–Crippen LogP) is 8.97. The fourth-order valence-electron chi connectivity index (χ4n) is 6.43. The highest BCUT2D eigenvalue weighted by Gasteiger charge is 2.48. The van der Waals surface area contributed by atoms with Gasteiger partial charge in [-0.3, -0.25) is 4.79 Å². The van der Waals surface area contributed by atoms with E-state index in [2.05, 4.69) is 65.2 Å². The molecule has 2 aliphatic rings. The monoisotopic (exact) mass is 524 g/mol. The molecule has 3 heteroatoms. The minimum atomic E-state index is -0.607. The van der Waals surface area contributed by atoms with Crippen molar-refractivity contribution in [2.45, 2.75) is 138 Å². The topological polar surface area (TPSA) is 46.5 Å². The van der Waals surface area contributed by atoms with Gasteiger partial charge in [0.15, 0.2) is 0 Å². The SMILES string of the molecule is C=C(/C(C)=C\C=C1/CCCC2(C)C(CCC#CC(C)(C)C)CCC12)C(O)C(C)CCCC(=O)OC(C)(C)C. The van der Waals surface area contributed by atoms with Crippen LogP contribution in [0.25, 0.3) is 0 Å². The summed E-state index contributed by atoms with van der Waals surface area (Å²) in [5, 5.41) is 10.9. The molecule has 0 saturated heterocycles. The molecule has 0 amide bonds. The Hall–Kier alpha value is -1.79. The number of aliphatic hydroxyl groups excluding tert-OH is 1. The van der Waals surface area contributed by atoms with Crippen LogP contribution < -0.4 is 0 Å². The summed E-state index contributed by atoms with van der Waals surface area (Å²) in [6.45, 7) is 23.0. The second kappa shape index (κ2) is 13.5. The van der Waals surface area contributed by atoms with Gasteiger partial charge >= 0.3 is 5.97 Å². The molecule has 2 aliphatic carbocycles. The zero-order valence-electron chi connectivity index (χ0n) is 26.0. The predicted molar refractivity (Wildman–Crippen MR) is 160 cm³/mol. The maximum absolute atomic E-state index is 12.0. The molecule has 3 nitrogen and oxygen atoms in total. The molecule has 0 spiro atoms. The first-order chi connectivity index (χ1) is 17.5. The molecule has 0 aromatic carbocycles. The fraction of sp³-hybridized carbons (Fsp3) is 0.743. The van der Waals surface area contributed by atoms with Gasteiger partial charge in [0, 0.05) is 18.3 Å². The average Bonchev–Trinajstić information content (AvgIpc) is 3.13. The van der Waals surface area contributed by atoms with E-state index >= 15 is 0 Å². The normalized spacial score (nSPS) is 26.8. The van der Waals surface area contributed by atoms with Gasteiger partial charge in [-0.25, -0.2) is 0 Å². The Kier molecular flexibility index (Phi) is 11.5. The van der Waals surface area contributed by atoms with Crippen LogP contribution in [0.2, 0.25) is 0 Å². The van der Waals surface area contributed by atoms with Crippen molar-refractivity contribution < 1.29 is 14.6 Å². The summed E-state index contributed by atoms with van der Waals surface area (Å²) in [6.07, 6.45) is 14.3. The van der Waals surface area contributed by atoms with E-state index in [4.69, 9.17) is 4.74 Å². The second-order valence-electron chi connectivity index (χ2n) is 14.3. The van der Waals surface area contributed by atoms with E-state index < -0.39 is 11.7 Å². The number of allylic oxidation sites excluding steroid dienone is 3. The van der Waals surface area contributed by atoms with Crippen molar-refractivity contribution in [2.75, 3.05) is 0 Å². The summed E-state index contributed by atoms with van der Waals surface area (Å²) in [6, 6.07) is 0. The van der Waals surface area contributed by atoms with Gasteiger partial charge in [-0.2, -0.15) is 0 Å². The van der Waals surface area contributed by atoms with E-state index in [0.29, 0.717) is 24.2 Å². The Morgan fingerprint density at radius 3 is 2.55 bits per heavy atom. The molecular formula is C35H56O3. The quantitative estimate of drug-likeness (QED) is 0.176. The molecule has 214 valence electrons. The zero-order chi connectivity index (χ0) is 28.7. The van der Waals surface area contributed by atoms with E-state index in [1.54, 1.807) is 5.57 Å². The molecule has 1 N–H and O–H groups in total. The number of esters is 1. The second-order valence-corrected chi connectivity index (χ2v) is 14.3. The third-order valence-electron chi connectivity index (χ3n) is 8.65. The highest BCUT2D eigenvalue weighted by molar-refractivity contribution is 5.69. The smallest absolute Gasteiger partial charge is 0.306 e. The highest BCUT2D eigenvalue weighted by atomic mass is 16.6. The largest absolute Gasteiger partial charge is 0.460 e. The molecule has 0 heterocycles. The van der Waals surface area contributed by atoms with Crippen LogP contribution in [0.3, 0.4) is 0 Å². The molecule has 0 aromatic rings. The first-order valence-electron chi connectivity index (χ1n) is 15.0. The Morgan fingerprint density at radius 1 is 1.24 bits per heavy atom. The van der Waals surface area contributed by atoms with Gasteiger partial charge in [-0.1, -0.05) is 44.1 Å². The molecular weight excluding hydrogens is 468 g/mol. The molecule has 5 unspecified atom stereocenters. The summed E-state index contributed by atoms with van der Waals surface area (Å²) < 4.78 is 5.39. The van der Waals surface area contributed by atoms with Crippen LogP contribution in [0, 0.1) is 40.4 Å². The lowest BCUT2D eigenvalue weighted by molar-refractivity contribution is -0.155. The summed E-state index contributed by atoms with van der Waals surface area (Å²) in [4.78, 5) is 12.0. The van der Waals surface area contributed by atoms with Gasteiger partial charge in [0.2, 0.25) is 0 Å². The van der Waals surface area contributed by atoms with Gasteiger partial charge in [-0.15, -0.1) is 5.92 Å². The minimum Gasteiger partial charge on any atom is -0.460 e. The highest BCUT2D eigenvalue weighted by Crippen LogP contribution is 2.58. The first kappa shape index (κ1) is 32.4. The van der Waals surface area contributed by atoms with Crippen LogP contribution in [-0.2, 0) is 9.53 Å². The van der Waals surface area contributed by atoms with E-state index in [-0.39, 0.29) is 17.3 Å². The van der Waals surface area contributed by atoms with Crippen LogP contribution >= 0.6 is 0 Å². The summed E-state index contributed by atoms with van der Waals surface area (Å²) in [5.41, 5.74) is 3.42. The van der Waals surface area contributed by atoms with Crippen molar-refractivity contribution >= 4 is 5.97 Å². The molecule has 0 bridgehead atoms. The van der Waals surface area contributed by atoms with E-state index in [9.17, 15) is 9.90 Å². The van der Waals surface area contributed by atoms with Crippen molar-refractivity contribution in [3.8, 4) is 11.8 Å². The van der Waals surface area contributed by atoms with Crippen LogP contribution in [-0.4, -0.2) is 22.8 Å². The van der Waals surface area contributed by atoms with Gasteiger partial charge < -0.3 is 9.84 Å². The van der Waals surface area contributed by atoms with Gasteiger partial charge in [0.1, 0.15) is 5.60 Å². The number of fused-ring (bicyclic) bond motifs is 1. The number of aliphatic hydroxyl groups is 1. The lowest BCUT2D eigenvalue weighted by atomic mass is 9.62. The van der Waals surface area contributed by atoms with Crippen molar-refractivity contribution in [1.29, 1.82) is 0 Å². The third-order valence-corrected chi connectivity index (χ3v) is 8.65. The Balaban J connectivity index is 1.95. The lowest BCUT2D eigenvalue weighted by Crippen LogP contribution is -2.33. The van der Waals surface area contributed by atoms with E-state index in [0.717, 1.165) is 29.9 Å². The summed E-state index contributed by atoms with van der Waals surface area (Å²) in [7, 11) is 0. The van der Waals surface area contributed by atoms with Crippen LogP contribution in [0.5, 0.6) is 0 Å². The molecule has 0 radical (unpaired) electrons. The van der Waals surface area contributed by atoms with Gasteiger partial charge in [0.05, 0.1) is 6.10 Å². The third kappa shape index (κ3) is 9.75. The Morgan fingerprint density at radius 2 is 1.92 bits per heavy atom. The first-order valence-corrected chi connectivity index (χ1v) is 15.0. The van der Waals surface area contributed by atoms with Crippen molar-refractivity contribution in [2.24, 2.45) is 28.6 Å². The summed E-state index contributed by atoms with van der Waals surface area (Å²) >= 11 is 0.